The summed E-state index contributed by atoms with van der Waals surface area (Å²) in [5.74, 6) is -1.68. The average Bonchev–Trinajstić information content (AvgIpc) is 3.16. The minimum Gasteiger partial charge on any atom is -0.504 e. The second kappa shape index (κ2) is 18.5. The van der Waals surface area contributed by atoms with E-state index in [1.54, 1.807) is 0 Å². The number of carbonyl (C=O) groups is 1. The highest BCUT2D eigenvalue weighted by Gasteiger charge is 2.54. The lowest BCUT2D eigenvalue weighted by Gasteiger charge is -2.48. The van der Waals surface area contributed by atoms with E-state index >= 15 is 0 Å². The molecule has 5 rings (SSSR count). The lowest BCUT2D eigenvalue weighted by molar-refractivity contribution is -0.385. The van der Waals surface area contributed by atoms with Crippen LogP contribution in [0.4, 0.5) is 0 Å². The highest BCUT2D eigenvalue weighted by molar-refractivity contribution is 5.87. The topological polar surface area (TPSA) is 293 Å². The van der Waals surface area contributed by atoms with Crippen molar-refractivity contribution in [2.45, 2.75) is 112 Å². The summed E-state index contributed by atoms with van der Waals surface area (Å²) in [5, 5.41) is 104. The molecule has 10 N–H and O–H groups in total. The molecule has 0 amide bonds. The lowest BCUT2D eigenvalue weighted by atomic mass is 9.96. The Kier molecular flexibility index (Phi) is 14.3. The minimum absolute atomic E-state index is 0.128. The number of aliphatic hydroxyl groups excluding tert-OH is 7. The van der Waals surface area contributed by atoms with E-state index in [0.717, 1.165) is 6.08 Å². The summed E-state index contributed by atoms with van der Waals surface area (Å²) in [6.45, 7) is 1.88. The number of phenols is 3. The molecule has 19 heteroatoms. The van der Waals surface area contributed by atoms with Gasteiger partial charge in [-0.3, -0.25) is 0 Å². The van der Waals surface area contributed by atoms with Gasteiger partial charge in [0.1, 0.15) is 54.9 Å². The van der Waals surface area contributed by atoms with Gasteiger partial charge in [0.05, 0.1) is 32.5 Å². The second-order valence-electron chi connectivity index (χ2n) is 13.4. The molecule has 2 aromatic rings. The number of carbonyl (C=O) groups excluding carboxylic acids is 1. The SMILES string of the molecule is COc1cc(C=CC(=O)O[C@H]2[C@H](O[C@@H]3O[C@@H](C)[C@H](O)[C@@H](O)[C@H]3O[C@@H]3O[C@@H](C)[C@H](O)[C@@H](O)[C@H]3O)[C@@H](O)[C@H](OCCc3ccc(O)c(O)c3)O[C@@H]2CO)ccc1O. The van der Waals surface area contributed by atoms with Gasteiger partial charge in [0.25, 0.3) is 0 Å². The number of benzene rings is 2. The van der Waals surface area contributed by atoms with Gasteiger partial charge in [0.2, 0.25) is 0 Å². The first kappa shape index (κ1) is 42.5. The van der Waals surface area contributed by atoms with Crippen molar-refractivity contribution in [2.24, 2.45) is 0 Å². The van der Waals surface area contributed by atoms with E-state index in [1.807, 2.05) is 0 Å². The van der Waals surface area contributed by atoms with E-state index in [4.69, 9.17) is 37.9 Å². The maximum Gasteiger partial charge on any atom is 0.331 e. The second-order valence-corrected chi connectivity index (χ2v) is 13.4. The largest absolute Gasteiger partial charge is 0.504 e. The zero-order chi connectivity index (χ0) is 40.1. The Morgan fingerprint density at radius 1 is 0.709 bits per heavy atom. The van der Waals surface area contributed by atoms with Crippen molar-refractivity contribution in [3.05, 3.63) is 53.6 Å². The Labute approximate surface area is 315 Å². The van der Waals surface area contributed by atoms with Crippen molar-refractivity contribution in [2.75, 3.05) is 20.3 Å². The summed E-state index contributed by atoms with van der Waals surface area (Å²) >= 11 is 0. The maximum atomic E-state index is 13.2. The third-order valence-corrected chi connectivity index (χ3v) is 9.55. The van der Waals surface area contributed by atoms with Gasteiger partial charge in [-0.1, -0.05) is 12.1 Å². The molecule has 15 atom stereocenters. The van der Waals surface area contributed by atoms with Crippen LogP contribution in [-0.2, 0) is 44.4 Å². The monoisotopic (exact) mass is 784 g/mol. The highest BCUT2D eigenvalue weighted by Crippen LogP contribution is 2.35. The zero-order valence-electron chi connectivity index (χ0n) is 30.0. The Balaban J connectivity index is 1.41. The van der Waals surface area contributed by atoms with Crippen molar-refractivity contribution < 1.29 is 93.8 Å². The van der Waals surface area contributed by atoms with Crippen LogP contribution >= 0.6 is 0 Å². The van der Waals surface area contributed by atoms with Crippen LogP contribution in [0.25, 0.3) is 6.08 Å². The fraction of sp³-hybridized carbons (Fsp3) is 0.583. The first-order chi connectivity index (χ1) is 26.1. The predicted molar refractivity (Wildman–Crippen MR) is 183 cm³/mol. The number of hydrogen-bond acceptors (Lipinski definition) is 19. The Bertz CT molecular complexity index is 1610. The summed E-state index contributed by atoms with van der Waals surface area (Å²) < 4.78 is 45.7. The Hall–Kier alpha value is -3.67. The Morgan fingerprint density at radius 3 is 2.04 bits per heavy atom. The number of aliphatic hydroxyl groups is 7. The van der Waals surface area contributed by atoms with Gasteiger partial charge in [0.15, 0.2) is 48.0 Å². The molecule has 55 heavy (non-hydrogen) atoms. The first-order valence-electron chi connectivity index (χ1n) is 17.5. The molecule has 0 aliphatic carbocycles. The third kappa shape index (κ3) is 9.84. The van der Waals surface area contributed by atoms with Gasteiger partial charge in [0, 0.05) is 6.08 Å². The van der Waals surface area contributed by atoms with E-state index in [1.165, 1.54) is 63.4 Å². The summed E-state index contributed by atoms with van der Waals surface area (Å²) in [4.78, 5) is 13.2. The molecule has 0 aromatic heterocycles. The molecule has 19 nitrogen and oxygen atoms in total. The molecule has 3 saturated heterocycles. The number of hydrogen-bond donors (Lipinski definition) is 10. The van der Waals surface area contributed by atoms with Gasteiger partial charge < -0.3 is 89.0 Å². The van der Waals surface area contributed by atoms with Crippen LogP contribution in [-0.4, -0.2) is 169 Å². The van der Waals surface area contributed by atoms with Crippen molar-refractivity contribution in [3.8, 4) is 23.0 Å². The van der Waals surface area contributed by atoms with Gasteiger partial charge >= 0.3 is 5.97 Å². The number of ether oxygens (including phenoxy) is 8. The third-order valence-electron chi connectivity index (χ3n) is 9.55. The van der Waals surface area contributed by atoms with E-state index in [-0.39, 0.29) is 36.0 Å². The lowest BCUT2D eigenvalue weighted by Crippen LogP contribution is -2.66. The average molecular weight is 785 g/mol. The number of aromatic hydroxyl groups is 3. The van der Waals surface area contributed by atoms with Gasteiger partial charge in [-0.25, -0.2) is 4.79 Å². The van der Waals surface area contributed by atoms with E-state index in [9.17, 15) is 55.9 Å². The molecular formula is C36H48O19. The quantitative estimate of drug-likeness (QED) is 0.0605. The number of phenolic OH excluding ortho intramolecular Hbond substituents is 3. The molecular weight excluding hydrogens is 736 g/mol. The molecule has 3 fully saturated rings. The van der Waals surface area contributed by atoms with Crippen molar-refractivity contribution in [1.82, 2.24) is 0 Å². The molecule has 2 aromatic carbocycles. The maximum absolute atomic E-state index is 13.2. The molecule has 3 aliphatic rings. The number of esters is 1. The minimum atomic E-state index is -1.83. The first-order valence-corrected chi connectivity index (χ1v) is 17.5. The molecule has 0 saturated carbocycles. The molecule has 0 unspecified atom stereocenters. The molecule has 306 valence electrons. The van der Waals surface area contributed by atoms with Crippen LogP contribution in [0.15, 0.2) is 42.5 Å². The van der Waals surface area contributed by atoms with Crippen LogP contribution in [0.1, 0.15) is 25.0 Å². The zero-order valence-corrected chi connectivity index (χ0v) is 30.0. The van der Waals surface area contributed by atoms with E-state index in [0.29, 0.717) is 11.1 Å². The summed E-state index contributed by atoms with van der Waals surface area (Å²) in [5.41, 5.74) is 0.984. The molecule has 0 spiro atoms. The van der Waals surface area contributed by atoms with Crippen molar-refractivity contribution in [1.29, 1.82) is 0 Å². The smallest absolute Gasteiger partial charge is 0.331 e. The highest BCUT2D eigenvalue weighted by atomic mass is 16.8. The van der Waals surface area contributed by atoms with Gasteiger partial charge in [-0.15, -0.1) is 0 Å². The molecule has 3 heterocycles. The number of rotatable bonds is 13. The van der Waals surface area contributed by atoms with Gasteiger partial charge in [-0.05, 0) is 61.7 Å². The van der Waals surface area contributed by atoms with Crippen LogP contribution in [0.3, 0.4) is 0 Å². The summed E-state index contributed by atoms with van der Waals surface area (Å²) in [6, 6.07) is 8.42. The van der Waals surface area contributed by atoms with E-state index in [2.05, 4.69) is 0 Å². The fourth-order valence-corrected chi connectivity index (χ4v) is 6.32. The standard InChI is InChI=1S/C36H48O19/c1-15-25(42)27(44)29(46)35(50-15)55-33-28(45)26(43)16(2)51-36(33)54-32-30(47)34(49-11-10-18-4-7-19(38)21(40)12-18)52-23(14-37)31(32)53-24(41)9-6-17-5-8-20(39)22(13-17)48-3/h4-9,12-13,15-16,23,25-40,42-47H,10-11,14H2,1-3H3/t15-,16-,23+,25-,26-,27+,28+,29+,30+,31+,32+,33+,34+,35-,36-/m0/s1. The van der Waals surface area contributed by atoms with Crippen molar-refractivity contribution in [3.63, 3.8) is 0 Å². The number of methoxy groups -OCH3 is 1. The predicted octanol–water partition coefficient (Wildman–Crippen LogP) is -1.86. The van der Waals surface area contributed by atoms with Crippen LogP contribution < -0.4 is 4.74 Å². The molecule has 0 radical (unpaired) electrons. The molecule has 3 aliphatic heterocycles. The van der Waals surface area contributed by atoms with Crippen LogP contribution in [0, 0.1) is 0 Å². The van der Waals surface area contributed by atoms with Crippen LogP contribution in [0.2, 0.25) is 0 Å². The fourth-order valence-electron chi connectivity index (χ4n) is 6.32. The molecule has 0 bridgehead atoms. The van der Waals surface area contributed by atoms with E-state index < -0.39 is 105 Å². The summed E-state index contributed by atoms with van der Waals surface area (Å²) in [7, 11) is 1.35. The summed E-state index contributed by atoms with van der Waals surface area (Å²) in [6.07, 6.45) is -21.1. The van der Waals surface area contributed by atoms with Gasteiger partial charge in [-0.2, -0.15) is 0 Å². The van der Waals surface area contributed by atoms with Crippen molar-refractivity contribution >= 4 is 12.0 Å². The van der Waals surface area contributed by atoms with Crippen LogP contribution in [0.5, 0.6) is 23.0 Å². The Morgan fingerprint density at radius 2 is 1.36 bits per heavy atom. The normalized spacial score (nSPS) is 36.8.